The van der Waals surface area contributed by atoms with Crippen molar-refractivity contribution in [3.05, 3.63) is 64.2 Å². The second kappa shape index (κ2) is 8.26. The molecule has 140 valence electrons. The van der Waals surface area contributed by atoms with Crippen molar-refractivity contribution in [2.24, 2.45) is 0 Å². The Labute approximate surface area is 156 Å². The van der Waals surface area contributed by atoms with Gasteiger partial charge in [-0.1, -0.05) is 11.8 Å². The average Bonchev–Trinajstić information content (AvgIpc) is 2.64. The van der Waals surface area contributed by atoms with Gasteiger partial charge < -0.3 is 10.3 Å². The number of hydrogen-bond acceptors (Lipinski definition) is 4. The van der Waals surface area contributed by atoms with Crippen molar-refractivity contribution < 1.29 is 18.0 Å². The van der Waals surface area contributed by atoms with Gasteiger partial charge in [-0.2, -0.15) is 0 Å². The Hall–Kier alpha value is -2.81. The van der Waals surface area contributed by atoms with Gasteiger partial charge in [0.25, 0.3) is 5.56 Å². The van der Waals surface area contributed by atoms with Gasteiger partial charge in [0.05, 0.1) is 5.39 Å². The zero-order chi connectivity index (χ0) is 19.4. The van der Waals surface area contributed by atoms with Crippen molar-refractivity contribution in [1.29, 1.82) is 0 Å². The lowest BCUT2D eigenvalue weighted by Gasteiger charge is -2.06. The van der Waals surface area contributed by atoms with Crippen LogP contribution in [0.25, 0.3) is 10.9 Å². The molecule has 3 rings (SSSR count). The Morgan fingerprint density at radius 1 is 1.11 bits per heavy atom. The summed E-state index contributed by atoms with van der Waals surface area (Å²) >= 11 is 1.13. The number of halogens is 3. The number of aromatic nitrogens is 2. The van der Waals surface area contributed by atoms with Crippen LogP contribution in [0.3, 0.4) is 0 Å². The van der Waals surface area contributed by atoms with Crippen LogP contribution >= 0.6 is 11.8 Å². The third-order valence-electron chi connectivity index (χ3n) is 3.66. The first-order chi connectivity index (χ1) is 12.9. The van der Waals surface area contributed by atoms with Crippen molar-refractivity contribution >= 4 is 34.3 Å². The van der Waals surface area contributed by atoms with E-state index in [9.17, 15) is 22.8 Å². The van der Waals surface area contributed by atoms with Crippen LogP contribution in [-0.2, 0) is 4.79 Å². The molecule has 2 aromatic carbocycles. The summed E-state index contributed by atoms with van der Waals surface area (Å²) in [5, 5.41) is 2.75. The van der Waals surface area contributed by atoms with Crippen LogP contribution in [0.4, 0.5) is 18.9 Å². The van der Waals surface area contributed by atoms with Gasteiger partial charge in [0.1, 0.15) is 11.3 Å². The number of hydrogen-bond donors (Lipinski definition) is 2. The molecule has 0 aliphatic rings. The number of fused-ring (bicyclic) bond motifs is 1. The zero-order valence-corrected chi connectivity index (χ0v) is 14.7. The number of thioether (sulfide) groups is 1. The van der Waals surface area contributed by atoms with Gasteiger partial charge >= 0.3 is 0 Å². The molecule has 0 spiro atoms. The maximum Gasteiger partial charge on any atom is 0.259 e. The van der Waals surface area contributed by atoms with Crippen LogP contribution in [0.15, 0.2) is 46.3 Å². The van der Waals surface area contributed by atoms with E-state index >= 15 is 0 Å². The molecule has 0 bridgehead atoms. The predicted octanol–water partition coefficient (Wildman–Crippen LogP) is 3.85. The zero-order valence-electron chi connectivity index (χ0n) is 13.9. The molecule has 2 N–H and O–H groups in total. The smallest absolute Gasteiger partial charge is 0.259 e. The minimum atomic E-state index is -1.17. The van der Waals surface area contributed by atoms with Crippen molar-refractivity contribution in [3.8, 4) is 0 Å². The van der Waals surface area contributed by atoms with Crippen LogP contribution < -0.4 is 10.9 Å². The fourth-order valence-corrected chi connectivity index (χ4v) is 3.16. The highest BCUT2D eigenvalue weighted by Gasteiger charge is 2.13. The number of nitrogens with zero attached hydrogens (tertiary/aromatic N) is 1. The number of anilines is 1. The number of H-pyrrole nitrogens is 1. The summed E-state index contributed by atoms with van der Waals surface area (Å²) in [5.41, 5.74) is -0.391. The molecule has 27 heavy (non-hydrogen) atoms. The lowest BCUT2D eigenvalue weighted by atomic mass is 10.2. The van der Waals surface area contributed by atoms with Gasteiger partial charge in [0.15, 0.2) is 16.8 Å². The normalized spacial score (nSPS) is 10.9. The van der Waals surface area contributed by atoms with Crippen molar-refractivity contribution in [2.75, 3.05) is 11.1 Å². The third kappa shape index (κ3) is 4.68. The highest BCUT2D eigenvalue weighted by molar-refractivity contribution is 7.99. The molecule has 0 saturated carbocycles. The summed E-state index contributed by atoms with van der Waals surface area (Å²) in [6.07, 6.45) is 0.663. The van der Waals surface area contributed by atoms with Gasteiger partial charge in [0, 0.05) is 17.9 Å². The largest absolute Gasteiger partial charge is 0.326 e. The van der Waals surface area contributed by atoms with Crippen molar-refractivity contribution in [3.63, 3.8) is 0 Å². The van der Waals surface area contributed by atoms with E-state index < -0.39 is 23.0 Å². The first-order valence-electron chi connectivity index (χ1n) is 8.00. The fourth-order valence-electron chi connectivity index (χ4n) is 2.35. The van der Waals surface area contributed by atoms with E-state index in [1.54, 1.807) is 0 Å². The van der Waals surface area contributed by atoms with Gasteiger partial charge in [-0.3, -0.25) is 9.59 Å². The molecule has 0 saturated heterocycles. The van der Waals surface area contributed by atoms with Gasteiger partial charge in [-0.15, -0.1) is 0 Å². The maximum atomic E-state index is 13.8. The molecule has 0 aliphatic carbocycles. The number of carbonyl (C=O) groups excluding carboxylic acids is 1. The molecule has 0 unspecified atom stereocenters. The van der Waals surface area contributed by atoms with E-state index in [1.807, 2.05) is 0 Å². The topological polar surface area (TPSA) is 74.8 Å². The lowest BCUT2D eigenvalue weighted by molar-refractivity contribution is -0.116. The molecule has 0 atom stereocenters. The first kappa shape index (κ1) is 19.0. The second-order valence-electron chi connectivity index (χ2n) is 5.64. The number of carbonyl (C=O) groups is 1. The molecule has 9 heteroatoms. The van der Waals surface area contributed by atoms with E-state index in [0.717, 1.165) is 17.8 Å². The minimum Gasteiger partial charge on any atom is -0.326 e. The Morgan fingerprint density at radius 3 is 2.59 bits per heavy atom. The summed E-state index contributed by atoms with van der Waals surface area (Å²) in [7, 11) is 0. The summed E-state index contributed by atoms with van der Waals surface area (Å²) < 4.78 is 39.9. The predicted molar refractivity (Wildman–Crippen MR) is 97.3 cm³/mol. The Balaban J connectivity index is 1.56. The summed E-state index contributed by atoms with van der Waals surface area (Å²) in [5.74, 6) is -2.44. The summed E-state index contributed by atoms with van der Waals surface area (Å²) in [6.45, 7) is 0. The van der Waals surface area contributed by atoms with Gasteiger partial charge in [0.2, 0.25) is 5.91 Å². The molecular weight excluding hydrogens is 379 g/mol. The SMILES string of the molecule is O=C(CCCSc1nc2c(F)c(F)ccc2c(=O)[nH]1)Nc1ccc(F)cc1. The lowest BCUT2D eigenvalue weighted by Crippen LogP contribution is -2.12. The Morgan fingerprint density at radius 2 is 1.85 bits per heavy atom. The number of nitrogens with one attached hydrogen (secondary N) is 2. The van der Waals surface area contributed by atoms with Gasteiger partial charge in [-0.05, 0) is 42.8 Å². The molecular formula is C18H14F3N3O2S. The van der Waals surface area contributed by atoms with Crippen LogP contribution in [0.2, 0.25) is 0 Å². The molecule has 0 radical (unpaired) electrons. The molecule has 0 aliphatic heterocycles. The third-order valence-corrected chi connectivity index (χ3v) is 4.62. The van der Waals surface area contributed by atoms with E-state index in [1.165, 1.54) is 30.3 Å². The summed E-state index contributed by atoms with van der Waals surface area (Å²) in [4.78, 5) is 30.2. The van der Waals surface area contributed by atoms with E-state index in [0.29, 0.717) is 17.9 Å². The number of benzene rings is 2. The average molecular weight is 393 g/mol. The van der Waals surface area contributed by atoms with Crippen LogP contribution in [-0.4, -0.2) is 21.6 Å². The summed E-state index contributed by atoms with van der Waals surface area (Å²) in [6, 6.07) is 7.46. The van der Waals surface area contributed by atoms with Crippen LogP contribution in [0.5, 0.6) is 0 Å². The van der Waals surface area contributed by atoms with E-state index in [4.69, 9.17) is 0 Å². The molecule has 0 fully saturated rings. The van der Waals surface area contributed by atoms with E-state index in [-0.39, 0.29) is 28.4 Å². The molecule has 5 nitrogen and oxygen atoms in total. The Bertz CT molecular complexity index is 1040. The number of aromatic amines is 1. The van der Waals surface area contributed by atoms with Crippen molar-refractivity contribution in [1.82, 2.24) is 9.97 Å². The monoisotopic (exact) mass is 393 g/mol. The highest BCUT2D eigenvalue weighted by atomic mass is 32.2. The Kier molecular flexibility index (Phi) is 5.80. The standard InChI is InChI=1S/C18H14F3N3O2S/c19-10-3-5-11(6-4-10)22-14(25)2-1-9-27-18-23-16-12(17(26)24-18)7-8-13(20)15(16)21/h3-8H,1-2,9H2,(H,22,25)(H,23,24,26). The van der Waals surface area contributed by atoms with Gasteiger partial charge in [-0.25, -0.2) is 18.2 Å². The molecule has 1 aromatic heterocycles. The number of amides is 1. The molecule has 1 amide bonds. The highest BCUT2D eigenvalue weighted by Crippen LogP contribution is 2.20. The molecule has 3 aromatic rings. The van der Waals surface area contributed by atoms with E-state index in [2.05, 4.69) is 15.3 Å². The first-order valence-corrected chi connectivity index (χ1v) is 8.99. The minimum absolute atomic E-state index is 0.0306. The maximum absolute atomic E-state index is 13.8. The van der Waals surface area contributed by atoms with Crippen LogP contribution in [0, 0.1) is 17.5 Å². The van der Waals surface area contributed by atoms with Crippen molar-refractivity contribution in [2.45, 2.75) is 18.0 Å². The molecule has 1 heterocycles. The number of rotatable bonds is 6. The second-order valence-corrected chi connectivity index (χ2v) is 6.72. The quantitative estimate of drug-likeness (QED) is 0.379. The fraction of sp³-hybridized carbons (Fsp3) is 0.167. The van der Waals surface area contributed by atoms with Crippen LogP contribution in [0.1, 0.15) is 12.8 Å².